The van der Waals surface area contributed by atoms with Crippen LogP contribution in [-0.2, 0) is 28.6 Å². The lowest BCUT2D eigenvalue weighted by Gasteiger charge is -2.18. The Kier molecular flexibility index (Phi) is 65.2. The molecule has 6 heteroatoms. The highest BCUT2D eigenvalue weighted by molar-refractivity contribution is 5.71. The number of hydrogen-bond donors (Lipinski definition) is 0. The molecule has 0 radical (unpaired) electrons. The van der Waals surface area contributed by atoms with Crippen LogP contribution in [0.5, 0.6) is 0 Å². The lowest BCUT2D eigenvalue weighted by molar-refractivity contribution is -0.167. The summed E-state index contributed by atoms with van der Waals surface area (Å²) in [4.78, 5) is 38.5. The predicted molar refractivity (Wildman–Crippen MR) is 353 cm³/mol. The molecule has 0 amide bonds. The highest BCUT2D eigenvalue weighted by Crippen LogP contribution is 2.16. The zero-order valence-corrected chi connectivity index (χ0v) is 53.3. The molecular formula is C75H128O6. The van der Waals surface area contributed by atoms with E-state index < -0.39 is 6.10 Å². The van der Waals surface area contributed by atoms with Crippen molar-refractivity contribution in [3.63, 3.8) is 0 Å². The minimum atomic E-state index is -0.796. The molecule has 0 N–H and O–H groups in total. The molecule has 0 aliphatic rings. The predicted octanol–water partition coefficient (Wildman–Crippen LogP) is 23.8. The summed E-state index contributed by atoms with van der Waals surface area (Å²) in [5.74, 6) is -0.909. The van der Waals surface area contributed by atoms with E-state index in [2.05, 4.69) is 130 Å². The quantitative estimate of drug-likeness (QED) is 0.0261. The van der Waals surface area contributed by atoms with Crippen LogP contribution >= 0.6 is 0 Å². The molecule has 6 nitrogen and oxygen atoms in total. The van der Waals surface area contributed by atoms with Gasteiger partial charge in [-0.15, -0.1) is 0 Å². The van der Waals surface area contributed by atoms with Gasteiger partial charge in [-0.25, -0.2) is 0 Å². The number of rotatable bonds is 62. The van der Waals surface area contributed by atoms with Crippen molar-refractivity contribution in [2.45, 2.75) is 335 Å². The SMILES string of the molecule is CC/C=C\C/C=C\C/C=C\C/C=C\C/C=C\C/C=C\CCCCCCC(=O)OCC(COC(=O)CCCCCCCCCCC/C=C\CCCCCCCC)OC(=O)CCCCCCCCCCC/C=C\C/C=C\CCCCCCC. The van der Waals surface area contributed by atoms with Gasteiger partial charge in [0, 0.05) is 19.3 Å². The zero-order chi connectivity index (χ0) is 58.5. The number of carbonyl (C=O) groups excluding carboxylic acids is 3. The van der Waals surface area contributed by atoms with E-state index in [1.165, 1.54) is 173 Å². The van der Waals surface area contributed by atoms with Crippen molar-refractivity contribution < 1.29 is 28.6 Å². The van der Waals surface area contributed by atoms with E-state index in [4.69, 9.17) is 14.2 Å². The summed E-state index contributed by atoms with van der Waals surface area (Å²) in [6, 6.07) is 0. The van der Waals surface area contributed by atoms with Gasteiger partial charge >= 0.3 is 17.9 Å². The first-order chi connectivity index (χ1) is 40.0. The largest absolute Gasteiger partial charge is 0.462 e. The molecule has 0 aliphatic carbocycles. The molecule has 0 spiro atoms. The molecule has 0 saturated carbocycles. The topological polar surface area (TPSA) is 78.9 Å². The molecule has 0 rings (SSSR count). The fraction of sp³-hybridized carbons (Fsp3) is 0.720. The Morgan fingerprint density at radius 3 is 0.765 bits per heavy atom. The third-order valence-electron chi connectivity index (χ3n) is 14.7. The summed E-state index contributed by atoms with van der Waals surface area (Å²) in [6.45, 7) is 6.52. The van der Waals surface area contributed by atoms with Crippen LogP contribution in [0.3, 0.4) is 0 Å². The van der Waals surface area contributed by atoms with Crippen molar-refractivity contribution in [1.82, 2.24) is 0 Å². The van der Waals surface area contributed by atoms with Gasteiger partial charge in [0.05, 0.1) is 0 Å². The molecule has 0 fully saturated rings. The summed E-state index contributed by atoms with van der Waals surface area (Å²) in [5.41, 5.74) is 0. The lowest BCUT2D eigenvalue weighted by atomic mass is 10.1. The first-order valence-electron chi connectivity index (χ1n) is 34.4. The maximum atomic E-state index is 13.0. The number of esters is 3. The summed E-state index contributed by atoms with van der Waals surface area (Å²) < 4.78 is 17.0. The van der Waals surface area contributed by atoms with Crippen LogP contribution in [0.1, 0.15) is 329 Å². The van der Waals surface area contributed by atoms with Crippen LogP contribution in [0.15, 0.2) is 109 Å². The van der Waals surface area contributed by atoms with Crippen molar-refractivity contribution in [1.29, 1.82) is 0 Å². The Labute approximate surface area is 501 Å². The van der Waals surface area contributed by atoms with E-state index in [0.29, 0.717) is 19.3 Å². The van der Waals surface area contributed by atoms with Gasteiger partial charge in [0.25, 0.3) is 0 Å². The molecule has 0 aromatic heterocycles. The number of allylic oxidation sites excluding steroid dienone is 18. The Hall–Kier alpha value is -3.93. The molecule has 0 bridgehead atoms. The van der Waals surface area contributed by atoms with E-state index in [-0.39, 0.29) is 31.1 Å². The average molecular weight is 1130 g/mol. The first kappa shape index (κ1) is 77.1. The van der Waals surface area contributed by atoms with Crippen LogP contribution < -0.4 is 0 Å². The molecule has 0 saturated heterocycles. The zero-order valence-electron chi connectivity index (χ0n) is 53.3. The summed E-state index contributed by atoms with van der Waals surface area (Å²) in [5, 5.41) is 0. The van der Waals surface area contributed by atoms with Gasteiger partial charge in [-0.3, -0.25) is 14.4 Å². The van der Waals surface area contributed by atoms with Gasteiger partial charge in [-0.2, -0.15) is 0 Å². The van der Waals surface area contributed by atoms with Crippen LogP contribution in [0.4, 0.5) is 0 Å². The van der Waals surface area contributed by atoms with E-state index in [1.807, 2.05) is 0 Å². The van der Waals surface area contributed by atoms with Gasteiger partial charge in [0.1, 0.15) is 13.2 Å². The standard InChI is InChI=1S/C75H128O6/c1-4-7-10-13-16-19-22-25-28-31-34-36-37-39-41-44-47-50-53-56-59-62-65-68-74(77)80-71-72(70-79-73(76)67-64-61-58-55-52-49-46-43-40-33-30-27-24-21-18-15-12-9-6-3)81-75(78)69-66-63-60-57-54-51-48-45-42-38-35-32-29-26-23-20-17-14-11-8-5-2/h7,10,16,19,23,25-28,30,32,34-36,39,41,47,50,72H,4-6,8-9,11-15,17-18,20-22,24,29,31,33,37-38,40,42-46,48-49,51-71H2,1-3H3/b10-7-,19-16-,26-23-,28-25-,30-27-,35-32-,36-34-,41-39-,50-47-. The van der Waals surface area contributed by atoms with Crippen molar-refractivity contribution >= 4 is 17.9 Å². The van der Waals surface area contributed by atoms with Crippen molar-refractivity contribution in [3.8, 4) is 0 Å². The summed E-state index contributed by atoms with van der Waals surface area (Å²) in [7, 11) is 0. The van der Waals surface area contributed by atoms with Crippen LogP contribution in [0.25, 0.3) is 0 Å². The first-order valence-corrected chi connectivity index (χ1v) is 34.4. The fourth-order valence-corrected chi connectivity index (χ4v) is 9.59. The van der Waals surface area contributed by atoms with Crippen molar-refractivity contribution in [2.24, 2.45) is 0 Å². The maximum absolute atomic E-state index is 13.0. The van der Waals surface area contributed by atoms with Gasteiger partial charge < -0.3 is 14.2 Å². The Balaban J connectivity index is 4.45. The van der Waals surface area contributed by atoms with Crippen molar-refractivity contribution in [3.05, 3.63) is 109 Å². The average Bonchev–Trinajstić information content (AvgIpc) is 3.47. The Morgan fingerprint density at radius 2 is 0.481 bits per heavy atom. The van der Waals surface area contributed by atoms with E-state index in [1.54, 1.807) is 0 Å². The monoisotopic (exact) mass is 1120 g/mol. The molecule has 464 valence electrons. The third kappa shape index (κ3) is 66.8. The number of carbonyl (C=O) groups is 3. The molecule has 0 aromatic rings. The minimum absolute atomic E-state index is 0.0890. The second-order valence-electron chi connectivity index (χ2n) is 22.7. The van der Waals surface area contributed by atoms with Crippen LogP contribution in [0, 0.1) is 0 Å². The molecule has 0 aromatic carbocycles. The summed E-state index contributed by atoms with van der Waals surface area (Å²) in [6.07, 6.45) is 93.8. The molecule has 1 atom stereocenters. The third-order valence-corrected chi connectivity index (χ3v) is 14.7. The second-order valence-corrected chi connectivity index (χ2v) is 22.7. The smallest absolute Gasteiger partial charge is 0.306 e. The minimum Gasteiger partial charge on any atom is -0.462 e. The number of unbranched alkanes of at least 4 members (excludes halogenated alkanes) is 33. The van der Waals surface area contributed by atoms with E-state index >= 15 is 0 Å². The Bertz CT molecular complexity index is 1620. The molecule has 0 heterocycles. The number of hydrogen-bond acceptors (Lipinski definition) is 6. The van der Waals surface area contributed by atoms with Gasteiger partial charge in [-0.05, 0) is 128 Å². The van der Waals surface area contributed by atoms with Crippen LogP contribution in [-0.4, -0.2) is 37.2 Å². The van der Waals surface area contributed by atoms with Gasteiger partial charge in [-0.1, -0.05) is 291 Å². The Morgan fingerprint density at radius 1 is 0.259 bits per heavy atom. The highest BCUT2D eigenvalue weighted by atomic mass is 16.6. The maximum Gasteiger partial charge on any atom is 0.306 e. The van der Waals surface area contributed by atoms with Gasteiger partial charge in [0.15, 0.2) is 6.10 Å². The normalized spacial score (nSPS) is 12.8. The van der Waals surface area contributed by atoms with Crippen molar-refractivity contribution in [2.75, 3.05) is 13.2 Å². The highest BCUT2D eigenvalue weighted by Gasteiger charge is 2.19. The van der Waals surface area contributed by atoms with Gasteiger partial charge in [0.2, 0.25) is 0 Å². The summed E-state index contributed by atoms with van der Waals surface area (Å²) >= 11 is 0. The fourth-order valence-electron chi connectivity index (χ4n) is 9.59. The van der Waals surface area contributed by atoms with E-state index in [9.17, 15) is 14.4 Å². The number of ether oxygens (including phenoxy) is 3. The molecule has 0 aliphatic heterocycles. The molecule has 1 unspecified atom stereocenters. The lowest BCUT2D eigenvalue weighted by Crippen LogP contribution is -2.30. The second kappa shape index (κ2) is 68.6. The van der Waals surface area contributed by atoms with E-state index in [0.717, 1.165) is 116 Å². The molecule has 81 heavy (non-hydrogen) atoms. The van der Waals surface area contributed by atoms with Crippen LogP contribution in [0.2, 0.25) is 0 Å². The molecular weight excluding hydrogens is 997 g/mol.